The van der Waals surface area contributed by atoms with E-state index in [1.165, 1.54) is 6.33 Å². The zero-order valence-corrected chi connectivity index (χ0v) is 10.1. The van der Waals surface area contributed by atoms with Crippen LogP contribution in [0.3, 0.4) is 0 Å². The van der Waals surface area contributed by atoms with Gasteiger partial charge in [-0.25, -0.2) is 9.67 Å². The fourth-order valence-corrected chi connectivity index (χ4v) is 1.92. The second kappa shape index (κ2) is 4.83. The van der Waals surface area contributed by atoms with Gasteiger partial charge in [0.15, 0.2) is 0 Å². The summed E-state index contributed by atoms with van der Waals surface area (Å²) >= 11 is 0. The third-order valence-corrected chi connectivity index (χ3v) is 2.98. The summed E-state index contributed by atoms with van der Waals surface area (Å²) in [5.74, 6) is 0.290. The van der Waals surface area contributed by atoms with E-state index in [2.05, 4.69) is 15.4 Å². The Kier molecular flexibility index (Phi) is 3.42. The molecule has 2 N–H and O–H groups in total. The number of carboxylic acids is 1. The van der Waals surface area contributed by atoms with Crippen molar-refractivity contribution in [2.24, 2.45) is 5.92 Å². The van der Waals surface area contributed by atoms with Gasteiger partial charge < -0.3 is 5.11 Å². The minimum absolute atomic E-state index is 0.235. The molecule has 1 saturated carbocycles. The zero-order chi connectivity index (χ0) is 12.4. The number of carbonyl (C=O) groups is 1. The van der Waals surface area contributed by atoms with Crippen LogP contribution < -0.4 is 5.32 Å². The third kappa shape index (κ3) is 2.82. The summed E-state index contributed by atoms with van der Waals surface area (Å²) in [6.45, 7) is 4.49. The lowest BCUT2D eigenvalue weighted by atomic mass is 10.2. The van der Waals surface area contributed by atoms with E-state index in [1.54, 1.807) is 4.68 Å². The van der Waals surface area contributed by atoms with Gasteiger partial charge in [0.05, 0.1) is 6.54 Å². The van der Waals surface area contributed by atoms with Crippen LogP contribution in [-0.2, 0) is 11.3 Å². The summed E-state index contributed by atoms with van der Waals surface area (Å²) in [4.78, 5) is 15.2. The zero-order valence-electron chi connectivity index (χ0n) is 10.1. The van der Waals surface area contributed by atoms with Gasteiger partial charge in [0.1, 0.15) is 18.2 Å². The van der Waals surface area contributed by atoms with Crippen LogP contribution in [0.15, 0.2) is 6.33 Å². The third-order valence-electron chi connectivity index (χ3n) is 2.98. The number of rotatable bonds is 6. The number of hydrogen-bond acceptors (Lipinski definition) is 4. The van der Waals surface area contributed by atoms with Gasteiger partial charge in [-0.2, -0.15) is 5.10 Å². The molecule has 0 aromatic carbocycles. The van der Waals surface area contributed by atoms with Gasteiger partial charge in [-0.15, -0.1) is 0 Å². The molecule has 17 heavy (non-hydrogen) atoms. The van der Waals surface area contributed by atoms with Crippen molar-refractivity contribution in [3.63, 3.8) is 0 Å². The fraction of sp³-hybridized carbons (Fsp3) is 0.727. The molecular weight excluding hydrogens is 220 g/mol. The highest BCUT2D eigenvalue weighted by atomic mass is 16.4. The molecule has 1 aromatic heterocycles. The Morgan fingerprint density at radius 2 is 2.35 bits per heavy atom. The highest BCUT2D eigenvalue weighted by Gasteiger charge is 2.35. The first-order valence-electron chi connectivity index (χ1n) is 5.94. The molecule has 1 heterocycles. The molecule has 1 atom stereocenters. The molecule has 1 unspecified atom stereocenters. The molecule has 0 saturated heterocycles. The highest BCUT2D eigenvalue weighted by molar-refractivity contribution is 5.74. The van der Waals surface area contributed by atoms with Crippen LogP contribution in [0, 0.1) is 5.92 Å². The van der Waals surface area contributed by atoms with Crippen molar-refractivity contribution in [3.05, 3.63) is 12.2 Å². The fourth-order valence-electron chi connectivity index (χ4n) is 1.92. The standard InChI is InChI=1S/C11H18N4O2/c1-7(2)15-9(13-6-14-15)5-12-10(11(16)17)8-3-4-8/h6-8,10,12H,3-5H2,1-2H3,(H,16,17). The molecule has 1 aliphatic rings. The second-order valence-electron chi connectivity index (χ2n) is 4.75. The van der Waals surface area contributed by atoms with Crippen LogP contribution in [0.2, 0.25) is 0 Å². The molecule has 0 amide bonds. The van der Waals surface area contributed by atoms with Gasteiger partial charge in [0.2, 0.25) is 0 Å². The molecule has 1 aliphatic carbocycles. The van der Waals surface area contributed by atoms with E-state index in [4.69, 9.17) is 5.11 Å². The monoisotopic (exact) mass is 238 g/mol. The minimum Gasteiger partial charge on any atom is -0.480 e. The Labute approximate surface area is 100 Å². The van der Waals surface area contributed by atoms with E-state index in [1.807, 2.05) is 13.8 Å². The van der Waals surface area contributed by atoms with Crippen molar-refractivity contribution >= 4 is 5.97 Å². The van der Waals surface area contributed by atoms with Gasteiger partial charge in [-0.05, 0) is 32.6 Å². The Morgan fingerprint density at radius 1 is 1.65 bits per heavy atom. The van der Waals surface area contributed by atoms with Crippen LogP contribution in [0.4, 0.5) is 0 Å². The molecule has 94 valence electrons. The van der Waals surface area contributed by atoms with Crippen LogP contribution >= 0.6 is 0 Å². The molecule has 0 bridgehead atoms. The van der Waals surface area contributed by atoms with Crippen molar-refractivity contribution in [3.8, 4) is 0 Å². The topological polar surface area (TPSA) is 80.0 Å². The van der Waals surface area contributed by atoms with E-state index in [9.17, 15) is 4.79 Å². The first kappa shape index (κ1) is 12.0. The Morgan fingerprint density at radius 3 is 2.88 bits per heavy atom. The summed E-state index contributed by atoms with van der Waals surface area (Å²) < 4.78 is 1.80. The maximum atomic E-state index is 11.1. The van der Waals surface area contributed by atoms with E-state index >= 15 is 0 Å². The van der Waals surface area contributed by atoms with Crippen molar-refractivity contribution in [1.29, 1.82) is 0 Å². The van der Waals surface area contributed by atoms with Gasteiger partial charge in [-0.3, -0.25) is 10.1 Å². The summed E-state index contributed by atoms with van der Waals surface area (Å²) in [5.41, 5.74) is 0. The lowest BCUT2D eigenvalue weighted by molar-refractivity contribution is -0.140. The van der Waals surface area contributed by atoms with E-state index < -0.39 is 12.0 Å². The molecule has 0 radical (unpaired) electrons. The molecule has 1 aromatic rings. The highest BCUT2D eigenvalue weighted by Crippen LogP contribution is 2.32. The van der Waals surface area contributed by atoms with Crippen molar-refractivity contribution in [2.45, 2.75) is 45.3 Å². The van der Waals surface area contributed by atoms with Gasteiger partial charge in [0.25, 0.3) is 0 Å². The van der Waals surface area contributed by atoms with Crippen LogP contribution in [0.25, 0.3) is 0 Å². The summed E-state index contributed by atoms with van der Waals surface area (Å²) in [6, 6.07) is -0.217. The van der Waals surface area contributed by atoms with E-state index in [-0.39, 0.29) is 12.0 Å². The Bertz CT molecular complexity index is 398. The second-order valence-corrected chi connectivity index (χ2v) is 4.75. The van der Waals surface area contributed by atoms with Crippen molar-refractivity contribution < 1.29 is 9.90 Å². The molecular formula is C11H18N4O2. The maximum absolute atomic E-state index is 11.1. The average molecular weight is 238 g/mol. The van der Waals surface area contributed by atoms with E-state index in [0.29, 0.717) is 6.54 Å². The first-order valence-corrected chi connectivity index (χ1v) is 5.94. The van der Waals surface area contributed by atoms with Crippen LogP contribution in [0.5, 0.6) is 0 Å². The predicted molar refractivity (Wildman–Crippen MR) is 61.4 cm³/mol. The molecule has 6 nitrogen and oxygen atoms in total. The number of carboxylic acid groups (broad SMARTS) is 1. The molecule has 1 fully saturated rings. The number of nitrogens with zero attached hydrogens (tertiary/aromatic N) is 3. The number of nitrogens with one attached hydrogen (secondary N) is 1. The van der Waals surface area contributed by atoms with Crippen molar-refractivity contribution in [2.75, 3.05) is 0 Å². The summed E-state index contributed by atoms with van der Waals surface area (Å²) in [7, 11) is 0. The Balaban J connectivity index is 1.96. The Hall–Kier alpha value is -1.43. The molecule has 6 heteroatoms. The SMILES string of the molecule is CC(C)n1ncnc1CNC(C(=O)O)C1CC1. The quantitative estimate of drug-likeness (QED) is 0.766. The molecule has 2 rings (SSSR count). The summed E-state index contributed by atoms with van der Waals surface area (Å²) in [6.07, 6.45) is 3.51. The summed E-state index contributed by atoms with van der Waals surface area (Å²) in [5, 5.41) is 16.3. The van der Waals surface area contributed by atoms with Crippen molar-refractivity contribution in [1.82, 2.24) is 20.1 Å². The lowest BCUT2D eigenvalue weighted by Gasteiger charge is -2.14. The largest absolute Gasteiger partial charge is 0.480 e. The van der Waals surface area contributed by atoms with Gasteiger partial charge in [0, 0.05) is 6.04 Å². The normalized spacial score (nSPS) is 17.4. The van der Waals surface area contributed by atoms with Gasteiger partial charge in [-0.1, -0.05) is 0 Å². The van der Waals surface area contributed by atoms with Crippen LogP contribution in [0.1, 0.15) is 38.6 Å². The van der Waals surface area contributed by atoms with Gasteiger partial charge >= 0.3 is 5.97 Å². The number of aliphatic carboxylic acids is 1. The molecule has 0 aliphatic heterocycles. The van der Waals surface area contributed by atoms with E-state index in [0.717, 1.165) is 18.7 Å². The average Bonchev–Trinajstić information content (AvgIpc) is 2.95. The number of aromatic nitrogens is 3. The molecule has 0 spiro atoms. The number of hydrogen-bond donors (Lipinski definition) is 2. The maximum Gasteiger partial charge on any atom is 0.320 e. The van der Waals surface area contributed by atoms with Crippen LogP contribution in [-0.4, -0.2) is 31.9 Å². The first-order chi connectivity index (χ1) is 8.09. The lowest BCUT2D eigenvalue weighted by Crippen LogP contribution is -2.38. The predicted octanol–water partition coefficient (Wildman–Crippen LogP) is 0.812. The smallest absolute Gasteiger partial charge is 0.320 e. The minimum atomic E-state index is -0.775.